The van der Waals surface area contributed by atoms with Crippen LogP contribution in [0.15, 0.2) is 126 Å². The van der Waals surface area contributed by atoms with Gasteiger partial charge in [-0.05, 0) is 48.5 Å². The van der Waals surface area contributed by atoms with E-state index in [-0.39, 0.29) is 0 Å². The van der Waals surface area contributed by atoms with Crippen molar-refractivity contribution < 1.29 is 0 Å². The fourth-order valence-electron chi connectivity index (χ4n) is 2.97. The third kappa shape index (κ3) is 4.62. The van der Waals surface area contributed by atoms with Gasteiger partial charge in [-0.2, -0.15) is 10.5 Å². The molecule has 0 atom stereocenters. The summed E-state index contributed by atoms with van der Waals surface area (Å²) >= 11 is 0. The van der Waals surface area contributed by atoms with Crippen molar-refractivity contribution in [2.75, 3.05) is 10.0 Å². The average Bonchev–Trinajstić information content (AvgIpc) is 2.81. The molecule has 0 N–H and O–H groups in total. The van der Waals surface area contributed by atoms with Crippen molar-refractivity contribution in [1.82, 2.24) is 5.43 Å². The van der Waals surface area contributed by atoms with Crippen LogP contribution in [0.3, 0.4) is 0 Å². The summed E-state index contributed by atoms with van der Waals surface area (Å²) in [6, 6.07) is 40.2. The summed E-state index contributed by atoms with van der Waals surface area (Å²) in [4.78, 5) is 0. The van der Waals surface area contributed by atoms with Crippen LogP contribution in [0.5, 0.6) is 0 Å². The van der Waals surface area contributed by atoms with Gasteiger partial charge in [0.25, 0.3) is 0 Å². The highest BCUT2D eigenvalue weighted by Crippen LogP contribution is 2.26. The first-order chi connectivity index (χ1) is 14.4. The molecular weight excluding hydrogens is 356 g/mol. The zero-order valence-corrected chi connectivity index (χ0v) is 15.9. The van der Waals surface area contributed by atoms with E-state index in [9.17, 15) is 0 Å². The van der Waals surface area contributed by atoms with E-state index in [4.69, 9.17) is 0 Å². The number of benzene rings is 4. The summed E-state index contributed by atoms with van der Waals surface area (Å²) in [5.74, 6) is 0. The van der Waals surface area contributed by atoms with E-state index in [0.29, 0.717) is 0 Å². The van der Waals surface area contributed by atoms with E-state index in [2.05, 4.69) is 10.5 Å². The molecule has 0 aliphatic carbocycles. The van der Waals surface area contributed by atoms with Gasteiger partial charge in [0.05, 0.1) is 22.7 Å². The Bertz CT molecular complexity index is 940. The maximum absolute atomic E-state index is 4.66. The summed E-state index contributed by atoms with van der Waals surface area (Å²) < 4.78 is 0. The summed E-state index contributed by atoms with van der Waals surface area (Å²) in [5.41, 5.74) is 8.53. The van der Waals surface area contributed by atoms with Crippen molar-refractivity contribution in [3.63, 3.8) is 0 Å². The Balaban J connectivity index is 1.62. The van der Waals surface area contributed by atoms with Crippen LogP contribution in [0.2, 0.25) is 0 Å². The van der Waals surface area contributed by atoms with E-state index in [1.807, 2.05) is 131 Å². The Morgan fingerprint density at radius 1 is 0.414 bits per heavy atom. The molecular formula is C25H21N4. The van der Waals surface area contributed by atoms with Gasteiger partial charge in [-0.15, -0.1) is 0 Å². The van der Waals surface area contributed by atoms with E-state index >= 15 is 0 Å². The molecule has 4 aromatic carbocycles. The minimum atomic E-state index is 0.969. The molecule has 4 heteroatoms. The topological polar surface area (TPSA) is 32.9 Å². The minimum Gasteiger partial charge on any atom is -0.232 e. The van der Waals surface area contributed by atoms with E-state index < -0.39 is 0 Å². The van der Waals surface area contributed by atoms with Crippen molar-refractivity contribution in [3.05, 3.63) is 121 Å². The lowest BCUT2D eigenvalue weighted by Crippen LogP contribution is -2.27. The zero-order chi connectivity index (χ0) is 19.7. The summed E-state index contributed by atoms with van der Waals surface area (Å²) in [6.45, 7) is 0. The molecule has 0 spiro atoms. The fraction of sp³-hybridized carbons (Fsp3) is 0. The van der Waals surface area contributed by atoms with E-state index in [0.717, 1.165) is 22.7 Å². The molecule has 29 heavy (non-hydrogen) atoms. The molecule has 0 aromatic heterocycles. The lowest BCUT2D eigenvalue weighted by atomic mass is 10.2. The van der Waals surface area contributed by atoms with Crippen LogP contribution in [0.25, 0.3) is 0 Å². The van der Waals surface area contributed by atoms with Crippen LogP contribution >= 0.6 is 0 Å². The van der Waals surface area contributed by atoms with E-state index in [1.54, 1.807) is 6.34 Å². The smallest absolute Gasteiger partial charge is 0.157 e. The Labute approximate surface area is 171 Å². The first kappa shape index (κ1) is 18.3. The third-order valence-corrected chi connectivity index (χ3v) is 4.34. The van der Waals surface area contributed by atoms with Crippen molar-refractivity contribution in [3.8, 4) is 0 Å². The Morgan fingerprint density at radius 3 is 1.07 bits per heavy atom. The third-order valence-electron chi connectivity index (χ3n) is 4.34. The molecule has 0 fully saturated rings. The SMILES string of the molecule is C([N]N(c1ccccc1)c1ccccc1)=NN(c1ccccc1)c1ccccc1. The molecule has 0 amide bonds. The molecule has 141 valence electrons. The van der Waals surface area contributed by atoms with Crippen LogP contribution in [0.1, 0.15) is 0 Å². The molecule has 0 heterocycles. The standard InChI is InChI=1S/C25H21N4/c1-5-13-22(14-6-1)28(23-15-7-2-8-16-23)26-21-27-29(24-17-9-3-10-18-24)25-19-11-4-12-20-25/h1-21H. The molecule has 0 aliphatic heterocycles. The van der Waals surface area contributed by atoms with Gasteiger partial charge in [0.15, 0.2) is 6.34 Å². The normalized spacial score (nSPS) is 10.6. The van der Waals surface area contributed by atoms with Crippen LogP contribution < -0.4 is 15.4 Å². The summed E-state index contributed by atoms with van der Waals surface area (Å²) in [5, 5.41) is 8.40. The monoisotopic (exact) mass is 377 g/mol. The summed E-state index contributed by atoms with van der Waals surface area (Å²) in [6.07, 6.45) is 1.58. The van der Waals surface area contributed by atoms with Crippen molar-refractivity contribution >= 4 is 29.1 Å². The quantitative estimate of drug-likeness (QED) is 0.221. The van der Waals surface area contributed by atoms with Gasteiger partial charge < -0.3 is 0 Å². The summed E-state index contributed by atoms with van der Waals surface area (Å²) in [7, 11) is 0. The van der Waals surface area contributed by atoms with Gasteiger partial charge >= 0.3 is 0 Å². The number of hydrazone groups is 1. The molecule has 1 radical (unpaired) electrons. The van der Waals surface area contributed by atoms with Crippen LogP contribution in [0.4, 0.5) is 22.7 Å². The Kier molecular flexibility index (Phi) is 5.84. The number of para-hydroxylation sites is 4. The van der Waals surface area contributed by atoms with Crippen LogP contribution in [0, 0.1) is 0 Å². The van der Waals surface area contributed by atoms with Gasteiger partial charge in [-0.3, -0.25) is 0 Å². The number of hydrogen-bond donors (Lipinski definition) is 0. The maximum Gasteiger partial charge on any atom is 0.157 e. The zero-order valence-electron chi connectivity index (χ0n) is 15.9. The van der Waals surface area contributed by atoms with Gasteiger partial charge in [0, 0.05) is 0 Å². The fourth-order valence-corrected chi connectivity index (χ4v) is 2.97. The molecule has 4 rings (SSSR count). The lowest BCUT2D eigenvalue weighted by Gasteiger charge is -2.23. The highest BCUT2D eigenvalue weighted by Gasteiger charge is 2.10. The maximum atomic E-state index is 4.66. The second-order valence-electron chi connectivity index (χ2n) is 6.31. The van der Waals surface area contributed by atoms with Gasteiger partial charge in [0.1, 0.15) is 0 Å². The predicted molar refractivity (Wildman–Crippen MR) is 121 cm³/mol. The number of nitrogens with zero attached hydrogens (tertiary/aromatic N) is 4. The molecule has 0 unspecified atom stereocenters. The molecule has 4 aromatic rings. The van der Waals surface area contributed by atoms with Crippen molar-refractivity contribution in [2.45, 2.75) is 0 Å². The largest absolute Gasteiger partial charge is 0.232 e. The number of anilines is 4. The van der Waals surface area contributed by atoms with Crippen molar-refractivity contribution in [1.29, 1.82) is 0 Å². The molecule has 0 saturated heterocycles. The first-order valence-corrected chi connectivity index (χ1v) is 9.45. The minimum absolute atomic E-state index is 0.969. The van der Waals surface area contributed by atoms with Crippen molar-refractivity contribution in [2.24, 2.45) is 5.10 Å². The second kappa shape index (κ2) is 9.24. The molecule has 0 bridgehead atoms. The highest BCUT2D eigenvalue weighted by molar-refractivity contribution is 5.71. The second-order valence-corrected chi connectivity index (χ2v) is 6.31. The highest BCUT2D eigenvalue weighted by atomic mass is 15.6. The Hall–Kier alpha value is -4.05. The van der Waals surface area contributed by atoms with Crippen LogP contribution in [-0.2, 0) is 0 Å². The number of hydrogen-bond acceptors (Lipinski definition) is 3. The Morgan fingerprint density at radius 2 is 0.724 bits per heavy atom. The molecule has 0 aliphatic rings. The van der Waals surface area contributed by atoms with Gasteiger partial charge in [0.2, 0.25) is 0 Å². The van der Waals surface area contributed by atoms with E-state index in [1.165, 1.54) is 0 Å². The molecule has 4 nitrogen and oxygen atoms in total. The molecule has 0 saturated carbocycles. The average molecular weight is 377 g/mol. The lowest BCUT2D eigenvalue weighted by molar-refractivity contribution is 0.920. The van der Waals surface area contributed by atoms with Gasteiger partial charge in [-0.25, -0.2) is 10.0 Å². The van der Waals surface area contributed by atoms with Gasteiger partial charge in [-0.1, -0.05) is 72.8 Å². The van der Waals surface area contributed by atoms with Crippen LogP contribution in [-0.4, -0.2) is 6.34 Å². The predicted octanol–water partition coefficient (Wildman–Crippen LogP) is 6.13. The first-order valence-electron chi connectivity index (χ1n) is 9.45. The number of rotatable bonds is 7.